The summed E-state index contributed by atoms with van der Waals surface area (Å²) in [7, 11) is -1.31. The van der Waals surface area contributed by atoms with Gasteiger partial charge >= 0.3 is 7.12 Å². The van der Waals surface area contributed by atoms with Crippen molar-refractivity contribution in [2.45, 2.75) is 44.7 Å². The Morgan fingerprint density at radius 2 is 2.04 bits per heavy atom. The van der Waals surface area contributed by atoms with Gasteiger partial charge in [0.2, 0.25) is 5.91 Å². The quantitative estimate of drug-likeness (QED) is 0.314. The molecule has 0 aliphatic rings. The van der Waals surface area contributed by atoms with Crippen molar-refractivity contribution in [2.75, 3.05) is 0 Å². The first-order valence-electron chi connectivity index (χ1n) is 8.63. The molecular formula is C16H23BClN7O3. The molecule has 0 saturated heterocycles. The number of carbonyl (C=O) groups excluding carboxylic acids is 1. The molecule has 12 heteroatoms. The van der Waals surface area contributed by atoms with Crippen LogP contribution < -0.4 is 11.1 Å². The molecule has 1 heterocycles. The highest BCUT2D eigenvalue weighted by Crippen LogP contribution is 2.15. The van der Waals surface area contributed by atoms with E-state index in [1.807, 2.05) is 6.07 Å². The van der Waals surface area contributed by atoms with Gasteiger partial charge in [-0.2, -0.15) is 5.26 Å². The van der Waals surface area contributed by atoms with Gasteiger partial charge in [-0.3, -0.25) is 4.79 Å². The third kappa shape index (κ3) is 7.62. The summed E-state index contributed by atoms with van der Waals surface area (Å²) < 4.78 is 1.36. The summed E-state index contributed by atoms with van der Waals surface area (Å²) in [5.41, 5.74) is 7.52. The Balaban J connectivity index is 0.00000392. The van der Waals surface area contributed by atoms with Gasteiger partial charge in [0.05, 0.1) is 17.7 Å². The molecule has 2 aromatic rings. The summed E-state index contributed by atoms with van der Waals surface area (Å²) in [5.74, 6) is 0.150. The van der Waals surface area contributed by atoms with Crippen molar-refractivity contribution < 1.29 is 14.8 Å². The summed E-state index contributed by atoms with van der Waals surface area (Å²) in [6.45, 7) is 0.277. The maximum absolute atomic E-state index is 12.1. The number of nitriles is 1. The van der Waals surface area contributed by atoms with Crippen LogP contribution in [0.15, 0.2) is 24.3 Å². The van der Waals surface area contributed by atoms with Crippen LogP contribution in [0.25, 0.3) is 0 Å². The fourth-order valence-corrected chi connectivity index (χ4v) is 2.50. The van der Waals surface area contributed by atoms with Crippen molar-refractivity contribution in [1.82, 2.24) is 25.5 Å². The second kappa shape index (κ2) is 12.0. The molecule has 0 bridgehead atoms. The number of rotatable bonds is 10. The molecule has 0 aliphatic heterocycles. The summed E-state index contributed by atoms with van der Waals surface area (Å²) >= 11 is 0. The third-order valence-corrected chi connectivity index (χ3v) is 3.98. The summed E-state index contributed by atoms with van der Waals surface area (Å²) in [5, 5.41) is 40.5. The Bertz CT molecular complexity index is 779. The third-order valence-electron chi connectivity index (χ3n) is 3.98. The Morgan fingerprint density at radius 1 is 1.32 bits per heavy atom. The first-order valence-corrected chi connectivity index (χ1v) is 8.63. The van der Waals surface area contributed by atoms with Crippen LogP contribution in [0.2, 0.25) is 6.32 Å². The Morgan fingerprint density at radius 3 is 2.68 bits per heavy atom. The van der Waals surface area contributed by atoms with E-state index in [4.69, 9.17) is 21.0 Å². The molecule has 150 valence electrons. The number of nitrogens with zero attached hydrogens (tertiary/aromatic N) is 5. The molecule has 1 aromatic carbocycles. The summed E-state index contributed by atoms with van der Waals surface area (Å²) in [4.78, 5) is 12.1. The van der Waals surface area contributed by atoms with Crippen molar-refractivity contribution >= 4 is 25.4 Å². The highest BCUT2D eigenvalue weighted by molar-refractivity contribution is 6.40. The van der Waals surface area contributed by atoms with Crippen LogP contribution in [-0.4, -0.2) is 43.3 Å². The van der Waals surface area contributed by atoms with Gasteiger partial charge in [-0.1, -0.05) is 25.0 Å². The van der Waals surface area contributed by atoms with Crippen LogP contribution >= 0.6 is 12.4 Å². The van der Waals surface area contributed by atoms with Gasteiger partial charge in [0.25, 0.3) is 0 Å². The molecule has 28 heavy (non-hydrogen) atoms. The van der Waals surface area contributed by atoms with Gasteiger partial charge in [-0.15, -0.1) is 17.5 Å². The van der Waals surface area contributed by atoms with E-state index in [0.717, 1.165) is 5.56 Å². The molecule has 0 fully saturated rings. The molecule has 0 spiro atoms. The number of tetrazole rings is 1. The minimum Gasteiger partial charge on any atom is -0.427 e. The number of hydrogen-bond donors (Lipinski definition) is 4. The average molecular weight is 408 g/mol. The monoisotopic (exact) mass is 407 g/mol. The normalized spacial score (nSPS) is 11.2. The summed E-state index contributed by atoms with van der Waals surface area (Å²) in [6, 6.07) is 8.53. The first-order chi connectivity index (χ1) is 13.0. The zero-order valence-electron chi connectivity index (χ0n) is 15.2. The zero-order chi connectivity index (χ0) is 19.6. The van der Waals surface area contributed by atoms with Crippen LogP contribution in [0, 0.1) is 11.3 Å². The van der Waals surface area contributed by atoms with Crippen molar-refractivity contribution in [1.29, 1.82) is 5.26 Å². The van der Waals surface area contributed by atoms with Gasteiger partial charge in [-0.25, -0.2) is 4.68 Å². The number of nitrogens with one attached hydrogen (secondary N) is 1. The number of hydrogen-bond acceptors (Lipinski definition) is 8. The van der Waals surface area contributed by atoms with Gasteiger partial charge in [0.1, 0.15) is 6.54 Å². The van der Waals surface area contributed by atoms with Crippen molar-refractivity contribution in [3.05, 3.63) is 41.2 Å². The number of aromatic nitrogens is 4. The SMILES string of the molecule is Cl.N#Cc1ccc(CNC(=O)Cn2nnnc2C(N)CCCCB(O)O)cc1. The fourth-order valence-electron chi connectivity index (χ4n) is 2.50. The van der Waals surface area contributed by atoms with E-state index in [1.165, 1.54) is 4.68 Å². The van der Waals surface area contributed by atoms with Crippen LogP contribution in [0.4, 0.5) is 0 Å². The standard InChI is InChI=1S/C16H22BN7O3.ClH/c18-9-12-4-6-13(7-5-12)10-20-15(25)11-24-16(21-22-23-24)14(19)3-1-2-8-17(26)27;/h4-7,14,26-27H,1-3,8,10-11,19H2,(H,20,25);1H. The van der Waals surface area contributed by atoms with Crippen molar-refractivity contribution in [2.24, 2.45) is 5.73 Å². The lowest BCUT2D eigenvalue weighted by Crippen LogP contribution is -2.29. The van der Waals surface area contributed by atoms with E-state index >= 15 is 0 Å². The van der Waals surface area contributed by atoms with E-state index < -0.39 is 13.2 Å². The van der Waals surface area contributed by atoms with Gasteiger partial charge in [0.15, 0.2) is 5.82 Å². The first kappa shape index (κ1) is 23.5. The number of unbranched alkanes of at least 4 members (excludes halogenated alkanes) is 1. The van der Waals surface area contributed by atoms with Crippen LogP contribution in [0.1, 0.15) is 42.3 Å². The molecule has 0 saturated carbocycles. The van der Waals surface area contributed by atoms with E-state index in [1.54, 1.807) is 24.3 Å². The smallest absolute Gasteiger partial charge is 0.427 e. The van der Waals surface area contributed by atoms with E-state index in [2.05, 4.69) is 20.8 Å². The molecule has 5 N–H and O–H groups in total. The van der Waals surface area contributed by atoms with Gasteiger partial charge < -0.3 is 21.1 Å². The van der Waals surface area contributed by atoms with Gasteiger partial charge in [-0.05, 0) is 40.9 Å². The predicted molar refractivity (Wildman–Crippen MR) is 104 cm³/mol. The zero-order valence-corrected chi connectivity index (χ0v) is 16.0. The molecule has 1 amide bonds. The highest BCUT2D eigenvalue weighted by atomic mass is 35.5. The van der Waals surface area contributed by atoms with E-state index in [-0.39, 0.29) is 31.2 Å². The number of carbonyl (C=O) groups is 1. The summed E-state index contributed by atoms with van der Waals surface area (Å²) in [6.07, 6.45) is 2.17. The number of benzene rings is 1. The lowest BCUT2D eigenvalue weighted by atomic mass is 9.83. The molecular weight excluding hydrogens is 384 g/mol. The lowest BCUT2D eigenvalue weighted by molar-refractivity contribution is -0.122. The molecule has 1 unspecified atom stereocenters. The van der Waals surface area contributed by atoms with Crippen molar-refractivity contribution in [3.8, 4) is 6.07 Å². The molecule has 1 atom stereocenters. The topological polar surface area (TPSA) is 163 Å². The second-order valence-corrected chi connectivity index (χ2v) is 6.15. The largest absolute Gasteiger partial charge is 0.451 e. The van der Waals surface area contributed by atoms with Crippen LogP contribution in [0.5, 0.6) is 0 Å². The number of halogens is 1. The minimum atomic E-state index is -1.31. The van der Waals surface area contributed by atoms with Gasteiger partial charge in [0, 0.05) is 6.54 Å². The molecule has 0 aliphatic carbocycles. The number of amides is 1. The highest BCUT2D eigenvalue weighted by Gasteiger charge is 2.17. The Labute approximate surface area is 169 Å². The van der Waals surface area contributed by atoms with Crippen LogP contribution in [-0.2, 0) is 17.9 Å². The van der Waals surface area contributed by atoms with Crippen molar-refractivity contribution in [3.63, 3.8) is 0 Å². The second-order valence-electron chi connectivity index (χ2n) is 6.15. The maximum Gasteiger partial charge on any atom is 0.451 e. The maximum atomic E-state index is 12.1. The molecule has 2 rings (SSSR count). The Kier molecular flexibility index (Phi) is 10.1. The minimum absolute atomic E-state index is 0. The number of nitrogens with two attached hydrogens (primary N) is 1. The fraction of sp³-hybridized carbons (Fsp3) is 0.438. The predicted octanol–water partition coefficient (Wildman–Crippen LogP) is -0.0741. The van der Waals surface area contributed by atoms with Crippen LogP contribution in [0.3, 0.4) is 0 Å². The molecule has 10 nitrogen and oxygen atoms in total. The van der Waals surface area contributed by atoms with E-state index in [0.29, 0.717) is 37.2 Å². The van der Waals surface area contributed by atoms with E-state index in [9.17, 15) is 4.79 Å². The lowest BCUT2D eigenvalue weighted by Gasteiger charge is -2.12. The average Bonchev–Trinajstić information content (AvgIpc) is 3.11. The Hall–Kier alpha value is -2.52. The molecule has 0 radical (unpaired) electrons. The molecule has 1 aromatic heterocycles.